The second-order valence-electron chi connectivity index (χ2n) is 4.80. The first-order valence-electron chi connectivity index (χ1n) is 6.10. The van der Waals surface area contributed by atoms with Gasteiger partial charge in [0.25, 0.3) is 0 Å². The molecule has 0 aliphatic rings. The predicted octanol–water partition coefficient (Wildman–Crippen LogP) is 2.04. The highest BCUT2D eigenvalue weighted by Crippen LogP contribution is 2.18. The van der Waals surface area contributed by atoms with E-state index < -0.39 is 6.10 Å². The molecule has 0 spiro atoms. The van der Waals surface area contributed by atoms with Crippen LogP contribution in [0.15, 0.2) is 18.2 Å². The van der Waals surface area contributed by atoms with Crippen molar-refractivity contribution in [2.75, 3.05) is 13.2 Å². The fraction of sp³-hybridized carbons (Fsp3) is 0.571. The minimum absolute atomic E-state index is 0.323. The lowest BCUT2D eigenvalue weighted by atomic mass is 10.1. The zero-order chi connectivity index (χ0) is 12.8. The van der Waals surface area contributed by atoms with Gasteiger partial charge < -0.3 is 15.2 Å². The van der Waals surface area contributed by atoms with Crippen LogP contribution in [0.3, 0.4) is 0 Å². The van der Waals surface area contributed by atoms with Crippen molar-refractivity contribution in [1.29, 1.82) is 0 Å². The van der Waals surface area contributed by atoms with E-state index in [0.717, 1.165) is 11.3 Å². The van der Waals surface area contributed by atoms with Crippen LogP contribution < -0.4 is 10.1 Å². The molecule has 0 amide bonds. The number of ether oxygens (including phenoxy) is 1. The quantitative estimate of drug-likeness (QED) is 0.795. The van der Waals surface area contributed by atoms with Gasteiger partial charge in [0.15, 0.2) is 0 Å². The zero-order valence-electron chi connectivity index (χ0n) is 11.2. The molecule has 96 valence electrons. The Morgan fingerprint density at radius 2 is 2.00 bits per heavy atom. The van der Waals surface area contributed by atoms with Crippen LogP contribution >= 0.6 is 0 Å². The van der Waals surface area contributed by atoms with E-state index in [0.29, 0.717) is 19.2 Å². The van der Waals surface area contributed by atoms with Gasteiger partial charge in [0.2, 0.25) is 0 Å². The predicted molar refractivity (Wildman–Crippen MR) is 70.6 cm³/mol. The lowest BCUT2D eigenvalue weighted by Crippen LogP contribution is -2.35. The Kier molecular flexibility index (Phi) is 5.45. The molecule has 17 heavy (non-hydrogen) atoms. The molecule has 0 unspecified atom stereocenters. The molecule has 3 nitrogen and oxygen atoms in total. The summed E-state index contributed by atoms with van der Waals surface area (Å²) in [5, 5.41) is 12.9. The van der Waals surface area contributed by atoms with Gasteiger partial charge in [-0.3, -0.25) is 0 Å². The highest BCUT2D eigenvalue weighted by Gasteiger charge is 2.07. The van der Waals surface area contributed by atoms with Gasteiger partial charge >= 0.3 is 0 Å². The molecule has 1 atom stereocenters. The van der Waals surface area contributed by atoms with Crippen molar-refractivity contribution in [3.05, 3.63) is 29.3 Å². The average Bonchev–Trinajstić information content (AvgIpc) is 2.25. The summed E-state index contributed by atoms with van der Waals surface area (Å²) < 4.78 is 5.60. The molecular formula is C14H23NO2. The molecular weight excluding hydrogens is 214 g/mol. The Balaban J connectivity index is 2.39. The Labute approximate surface area is 104 Å². The van der Waals surface area contributed by atoms with Crippen LogP contribution in [0.4, 0.5) is 0 Å². The SMILES string of the molecule is Cc1ccc(OC[C@H](O)CNC(C)C)c(C)c1. The summed E-state index contributed by atoms with van der Waals surface area (Å²) in [5.41, 5.74) is 2.32. The number of aliphatic hydroxyl groups excluding tert-OH is 1. The van der Waals surface area contributed by atoms with E-state index in [1.165, 1.54) is 5.56 Å². The van der Waals surface area contributed by atoms with Crippen LogP contribution in [-0.2, 0) is 0 Å². The minimum Gasteiger partial charge on any atom is -0.491 e. The molecule has 0 heterocycles. The second-order valence-corrected chi connectivity index (χ2v) is 4.80. The van der Waals surface area contributed by atoms with Gasteiger partial charge in [0.05, 0.1) is 0 Å². The third-order valence-corrected chi connectivity index (χ3v) is 2.52. The molecule has 0 bridgehead atoms. The summed E-state index contributed by atoms with van der Waals surface area (Å²) in [6.45, 7) is 9.06. The molecule has 1 rings (SSSR count). The third-order valence-electron chi connectivity index (χ3n) is 2.52. The lowest BCUT2D eigenvalue weighted by molar-refractivity contribution is 0.104. The summed E-state index contributed by atoms with van der Waals surface area (Å²) in [5.74, 6) is 0.846. The van der Waals surface area contributed by atoms with Crippen LogP contribution in [-0.4, -0.2) is 30.4 Å². The van der Waals surface area contributed by atoms with E-state index in [-0.39, 0.29) is 0 Å². The maximum Gasteiger partial charge on any atom is 0.122 e. The van der Waals surface area contributed by atoms with Crippen molar-refractivity contribution in [2.45, 2.75) is 39.8 Å². The van der Waals surface area contributed by atoms with Gasteiger partial charge in [-0.2, -0.15) is 0 Å². The zero-order valence-corrected chi connectivity index (χ0v) is 11.2. The highest BCUT2D eigenvalue weighted by atomic mass is 16.5. The number of nitrogens with one attached hydrogen (secondary N) is 1. The number of hydrogen-bond acceptors (Lipinski definition) is 3. The molecule has 0 aliphatic carbocycles. The summed E-state index contributed by atoms with van der Waals surface area (Å²) >= 11 is 0. The van der Waals surface area contributed by atoms with Crippen molar-refractivity contribution in [2.24, 2.45) is 0 Å². The maximum atomic E-state index is 9.72. The van der Waals surface area contributed by atoms with E-state index in [4.69, 9.17) is 4.74 Å². The van der Waals surface area contributed by atoms with Gasteiger partial charge in [0, 0.05) is 12.6 Å². The molecule has 0 aromatic heterocycles. The van der Waals surface area contributed by atoms with E-state index >= 15 is 0 Å². The van der Waals surface area contributed by atoms with Crippen molar-refractivity contribution in [3.63, 3.8) is 0 Å². The lowest BCUT2D eigenvalue weighted by Gasteiger charge is -2.16. The molecule has 0 fully saturated rings. The van der Waals surface area contributed by atoms with Gasteiger partial charge in [-0.25, -0.2) is 0 Å². The molecule has 0 radical (unpaired) electrons. The highest BCUT2D eigenvalue weighted by molar-refractivity contribution is 5.35. The van der Waals surface area contributed by atoms with Crippen molar-refractivity contribution < 1.29 is 9.84 Å². The summed E-state index contributed by atoms with van der Waals surface area (Å²) in [4.78, 5) is 0. The Bertz CT molecular complexity index is 350. The average molecular weight is 237 g/mol. The van der Waals surface area contributed by atoms with Gasteiger partial charge in [0.1, 0.15) is 18.5 Å². The summed E-state index contributed by atoms with van der Waals surface area (Å²) in [6, 6.07) is 6.42. The Morgan fingerprint density at radius 3 is 2.59 bits per heavy atom. The Hall–Kier alpha value is -1.06. The monoisotopic (exact) mass is 237 g/mol. The first kappa shape index (κ1) is 14.0. The van der Waals surface area contributed by atoms with Crippen molar-refractivity contribution in [1.82, 2.24) is 5.32 Å². The van der Waals surface area contributed by atoms with Crippen LogP contribution in [0.5, 0.6) is 5.75 Å². The Morgan fingerprint density at radius 1 is 1.29 bits per heavy atom. The van der Waals surface area contributed by atoms with Crippen LogP contribution in [0, 0.1) is 13.8 Å². The molecule has 2 N–H and O–H groups in total. The maximum absolute atomic E-state index is 9.72. The fourth-order valence-electron chi connectivity index (χ4n) is 1.58. The number of aryl methyl sites for hydroxylation is 2. The second kappa shape index (κ2) is 6.62. The smallest absolute Gasteiger partial charge is 0.122 e. The molecule has 3 heteroatoms. The summed E-state index contributed by atoms with van der Waals surface area (Å²) in [7, 11) is 0. The van der Waals surface area contributed by atoms with Gasteiger partial charge in [-0.1, -0.05) is 31.5 Å². The van der Waals surface area contributed by atoms with Crippen LogP contribution in [0.25, 0.3) is 0 Å². The molecule has 1 aromatic carbocycles. The summed E-state index contributed by atoms with van der Waals surface area (Å²) in [6.07, 6.45) is -0.474. The minimum atomic E-state index is -0.474. The number of hydrogen-bond donors (Lipinski definition) is 2. The number of aliphatic hydroxyl groups is 1. The molecule has 0 aliphatic heterocycles. The van der Waals surface area contributed by atoms with E-state index in [2.05, 4.69) is 32.2 Å². The van der Waals surface area contributed by atoms with E-state index in [1.54, 1.807) is 0 Å². The molecule has 0 saturated heterocycles. The van der Waals surface area contributed by atoms with Crippen molar-refractivity contribution >= 4 is 0 Å². The third kappa shape index (κ3) is 5.20. The number of rotatable bonds is 6. The standard InChI is InChI=1S/C14H23NO2/c1-10(2)15-8-13(16)9-17-14-6-5-11(3)7-12(14)4/h5-7,10,13,15-16H,8-9H2,1-4H3/t13-/m1/s1. The van der Waals surface area contributed by atoms with Crippen LogP contribution in [0.1, 0.15) is 25.0 Å². The van der Waals surface area contributed by atoms with Crippen LogP contribution in [0.2, 0.25) is 0 Å². The molecule has 0 saturated carbocycles. The van der Waals surface area contributed by atoms with Crippen molar-refractivity contribution in [3.8, 4) is 5.75 Å². The topological polar surface area (TPSA) is 41.5 Å². The first-order chi connectivity index (χ1) is 7.99. The number of benzene rings is 1. The van der Waals surface area contributed by atoms with E-state index in [9.17, 15) is 5.11 Å². The fourth-order valence-corrected chi connectivity index (χ4v) is 1.58. The first-order valence-corrected chi connectivity index (χ1v) is 6.10. The normalized spacial score (nSPS) is 12.8. The van der Waals surface area contributed by atoms with Gasteiger partial charge in [-0.15, -0.1) is 0 Å². The van der Waals surface area contributed by atoms with E-state index in [1.807, 2.05) is 19.1 Å². The van der Waals surface area contributed by atoms with Gasteiger partial charge in [-0.05, 0) is 25.5 Å². The largest absolute Gasteiger partial charge is 0.491 e. The molecule has 1 aromatic rings.